The van der Waals surface area contributed by atoms with Crippen molar-refractivity contribution in [1.82, 2.24) is 9.55 Å². The number of nitrogens with one attached hydrogen (secondary N) is 1. The third kappa shape index (κ3) is 4.23. The molecule has 0 aliphatic carbocycles. The smallest absolute Gasteiger partial charge is 0.203 e. The van der Waals surface area contributed by atoms with Crippen molar-refractivity contribution in [3.63, 3.8) is 0 Å². The van der Waals surface area contributed by atoms with Crippen molar-refractivity contribution in [3.8, 4) is 0 Å². The Kier molecular flexibility index (Phi) is 5.93. The SMILES string of the molecule is CCCCNc1nc(C)cn1CCCOC. The van der Waals surface area contributed by atoms with E-state index in [1.165, 1.54) is 12.8 Å². The van der Waals surface area contributed by atoms with Gasteiger partial charge in [0.2, 0.25) is 5.95 Å². The first-order valence-electron chi connectivity index (χ1n) is 6.04. The van der Waals surface area contributed by atoms with Crippen LogP contribution in [-0.4, -0.2) is 29.8 Å². The highest BCUT2D eigenvalue weighted by Gasteiger charge is 2.03. The van der Waals surface area contributed by atoms with Crippen LogP contribution in [0.15, 0.2) is 6.20 Å². The maximum Gasteiger partial charge on any atom is 0.203 e. The van der Waals surface area contributed by atoms with Crippen molar-refractivity contribution in [2.24, 2.45) is 0 Å². The monoisotopic (exact) mass is 225 g/mol. The van der Waals surface area contributed by atoms with Crippen molar-refractivity contribution < 1.29 is 4.74 Å². The van der Waals surface area contributed by atoms with Crippen LogP contribution in [0, 0.1) is 6.92 Å². The molecule has 0 aromatic carbocycles. The van der Waals surface area contributed by atoms with E-state index in [-0.39, 0.29) is 0 Å². The van der Waals surface area contributed by atoms with E-state index in [1.54, 1.807) is 7.11 Å². The summed E-state index contributed by atoms with van der Waals surface area (Å²) in [5.41, 5.74) is 1.07. The number of unbranched alkanes of at least 4 members (excludes halogenated alkanes) is 1. The van der Waals surface area contributed by atoms with Crippen LogP contribution < -0.4 is 5.32 Å². The maximum absolute atomic E-state index is 5.05. The molecular weight excluding hydrogens is 202 g/mol. The van der Waals surface area contributed by atoms with Gasteiger partial charge in [0, 0.05) is 33.0 Å². The molecule has 1 N–H and O–H groups in total. The Hall–Kier alpha value is -1.03. The summed E-state index contributed by atoms with van der Waals surface area (Å²) in [5, 5.41) is 3.37. The lowest BCUT2D eigenvalue weighted by Gasteiger charge is -2.08. The number of anilines is 1. The van der Waals surface area contributed by atoms with Crippen LogP contribution in [0.5, 0.6) is 0 Å². The predicted molar refractivity (Wildman–Crippen MR) is 66.9 cm³/mol. The van der Waals surface area contributed by atoms with Crippen LogP contribution in [0.25, 0.3) is 0 Å². The van der Waals surface area contributed by atoms with Crippen LogP contribution in [0.4, 0.5) is 5.95 Å². The Morgan fingerprint density at radius 2 is 2.25 bits per heavy atom. The molecule has 4 heteroatoms. The maximum atomic E-state index is 5.05. The summed E-state index contributed by atoms with van der Waals surface area (Å²) >= 11 is 0. The fourth-order valence-electron chi connectivity index (χ4n) is 1.61. The summed E-state index contributed by atoms with van der Waals surface area (Å²) in [6.07, 6.45) is 5.50. The minimum Gasteiger partial charge on any atom is -0.385 e. The largest absolute Gasteiger partial charge is 0.385 e. The van der Waals surface area contributed by atoms with Gasteiger partial charge in [0.1, 0.15) is 0 Å². The zero-order chi connectivity index (χ0) is 11.8. The molecule has 1 heterocycles. The fraction of sp³-hybridized carbons (Fsp3) is 0.750. The van der Waals surface area contributed by atoms with E-state index in [9.17, 15) is 0 Å². The molecule has 0 saturated heterocycles. The molecule has 1 aromatic heterocycles. The molecule has 0 aliphatic heterocycles. The van der Waals surface area contributed by atoms with Crippen LogP contribution in [-0.2, 0) is 11.3 Å². The number of rotatable bonds is 8. The Bertz CT molecular complexity index is 269. The van der Waals surface area contributed by atoms with Gasteiger partial charge in [0.15, 0.2) is 0 Å². The van der Waals surface area contributed by atoms with Gasteiger partial charge in [0.05, 0.1) is 5.69 Å². The summed E-state index contributed by atoms with van der Waals surface area (Å²) < 4.78 is 7.23. The lowest BCUT2D eigenvalue weighted by atomic mass is 10.3. The van der Waals surface area contributed by atoms with E-state index >= 15 is 0 Å². The van der Waals surface area contributed by atoms with Crippen LogP contribution in [0.3, 0.4) is 0 Å². The normalized spacial score (nSPS) is 10.7. The van der Waals surface area contributed by atoms with Crippen molar-refractivity contribution >= 4 is 5.95 Å². The third-order valence-corrected chi connectivity index (χ3v) is 2.46. The third-order valence-electron chi connectivity index (χ3n) is 2.46. The number of imidazole rings is 1. The van der Waals surface area contributed by atoms with Gasteiger partial charge in [-0.2, -0.15) is 0 Å². The van der Waals surface area contributed by atoms with Crippen molar-refractivity contribution in [2.45, 2.75) is 39.7 Å². The van der Waals surface area contributed by atoms with Gasteiger partial charge < -0.3 is 14.6 Å². The van der Waals surface area contributed by atoms with Gasteiger partial charge in [-0.25, -0.2) is 4.98 Å². The second-order valence-electron chi connectivity index (χ2n) is 4.03. The Balaban J connectivity index is 2.46. The van der Waals surface area contributed by atoms with Gasteiger partial charge in [-0.05, 0) is 19.8 Å². The molecule has 0 radical (unpaired) electrons. The summed E-state index contributed by atoms with van der Waals surface area (Å²) in [7, 11) is 1.74. The summed E-state index contributed by atoms with van der Waals surface area (Å²) in [4.78, 5) is 4.47. The van der Waals surface area contributed by atoms with Crippen LogP contribution in [0.1, 0.15) is 31.9 Å². The molecule has 0 spiro atoms. The second-order valence-corrected chi connectivity index (χ2v) is 4.03. The van der Waals surface area contributed by atoms with Crippen molar-refractivity contribution in [1.29, 1.82) is 0 Å². The second kappa shape index (κ2) is 7.28. The average Bonchev–Trinajstić information content (AvgIpc) is 2.60. The molecule has 1 rings (SSSR count). The van der Waals surface area contributed by atoms with Crippen LogP contribution >= 0.6 is 0 Å². The van der Waals surface area contributed by atoms with Gasteiger partial charge in [0.25, 0.3) is 0 Å². The highest BCUT2D eigenvalue weighted by atomic mass is 16.5. The highest BCUT2D eigenvalue weighted by molar-refractivity contribution is 5.28. The van der Waals surface area contributed by atoms with E-state index < -0.39 is 0 Å². The highest BCUT2D eigenvalue weighted by Crippen LogP contribution is 2.09. The quantitative estimate of drug-likeness (QED) is 0.691. The van der Waals surface area contributed by atoms with Crippen molar-refractivity contribution in [2.75, 3.05) is 25.6 Å². The zero-order valence-corrected chi connectivity index (χ0v) is 10.6. The van der Waals surface area contributed by atoms with Crippen LogP contribution in [0.2, 0.25) is 0 Å². The number of ether oxygens (including phenoxy) is 1. The lowest BCUT2D eigenvalue weighted by molar-refractivity contribution is 0.190. The number of hydrogen-bond donors (Lipinski definition) is 1. The Labute approximate surface area is 98.0 Å². The molecule has 0 saturated carbocycles. The molecule has 0 fully saturated rings. The number of methoxy groups -OCH3 is 1. The molecule has 0 aliphatic rings. The Morgan fingerprint density at radius 1 is 1.44 bits per heavy atom. The first-order chi connectivity index (χ1) is 7.77. The standard InChI is InChI=1S/C12H23N3O/c1-4-5-7-13-12-14-11(2)10-15(12)8-6-9-16-3/h10H,4-9H2,1-3H3,(H,13,14). The van der Waals surface area contributed by atoms with Gasteiger partial charge in [-0.15, -0.1) is 0 Å². The van der Waals surface area contributed by atoms with E-state index in [0.717, 1.165) is 37.8 Å². The number of aromatic nitrogens is 2. The van der Waals surface area contributed by atoms with Gasteiger partial charge in [-0.3, -0.25) is 0 Å². The number of nitrogens with zero attached hydrogens (tertiary/aromatic N) is 2. The van der Waals surface area contributed by atoms with E-state index in [1.807, 2.05) is 6.92 Å². The molecule has 4 nitrogen and oxygen atoms in total. The minimum atomic E-state index is 0.797. The molecule has 0 atom stereocenters. The molecule has 1 aromatic rings. The molecule has 16 heavy (non-hydrogen) atoms. The first kappa shape index (κ1) is 13.0. The predicted octanol–water partition coefficient (Wildman–Crippen LogP) is 2.44. The van der Waals surface area contributed by atoms with Gasteiger partial charge >= 0.3 is 0 Å². The van der Waals surface area contributed by atoms with Crippen molar-refractivity contribution in [3.05, 3.63) is 11.9 Å². The van der Waals surface area contributed by atoms with Gasteiger partial charge in [-0.1, -0.05) is 13.3 Å². The Morgan fingerprint density at radius 3 is 2.94 bits per heavy atom. The first-order valence-corrected chi connectivity index (χ1v) is 6.04. The number of hydrogen-bond acceptors (Lipinski definition) is 3. The summed E-state index contributed by atoms with van der Waals surface area (Å²) in [6, 6.07) is 0. The average molecular weight is 225 g/mol. The van der Waals surface area contributed by atoms with E-state index in [4.69, 9.17) is 4.74 Å². The molecule has 0 unspecified atom stereocenters. The summed E-state index contributed by atoms with van der Waals surface area (Å²) in [6.45, 7) is 6.97. The summed E-state index contributed by atoms with van der Waals surface area (Å²) in [5.74, 6) is 0.988. The molecular formula is C12H23N3O. The molecule has 0 bridgehead atoms. The van der Waals surface area contributed by atoms with E-state index in [0.29, 0.717) is 0 Å². The minimum absolute atomic E-state index is 0.797. The molecule has 92 valence electrons. The van der Waals surface area contributed by atoms with E-state index in [2.05, 4.69) is 28.0 Å². The lowest BCUT2D eigenvalue weighted by Crippen LogP contribution is -2.09. The fourth-order valence-corrected chi connectivity index (χ4v) is 1.61. The molecule has 0 amide bonds. The topological polar surface area (TPSA) is 39.1 Å². The zero-order valence-electron chi connectivity index (χ0n) is 10.6. The number of aryl methyl sites for hydroxylation is 2.